The van der Waals surface area contributed by atoms with Gasteiger partial charge in [0.05, 0.1) is 16.7 Å². The van der Waals surface area contributed by atoms with Crippen molar-refractivity contribution in [2.45, 2.75) is 13.3 Å². The van der Waals surface area contributed by atoms with Crippen LogP contribution in [0.25, 0.3) is 32.9 Å². The SMILES string of the molecule is CCN(CCCl)CCCNc1c2ccc(Cl)cc2nc2ccc(-c3ccccc3)cc12. The highest BCUT2D eigenvalue weighted by molar-refractivity contribution is 6.31. The number of anilines is 1. The number of rotatable bonds is 9. The van der Waals surface area contributed by atoms with Crippen molar-refractivity contribution in [2.75, 3.05) is 37.4 Å². The van der Waals surface area contributed by atoms with E-state index < -0.39 is 0 Å². The highest BCUT2D eigenvalue weighted by atomic mass is 35.5. The number of pyridine rings is 1. The van der Waals surface area contributed by atoms with Gasteiger partial charge < -0.3 is 10.2 Å². The number of fused-ring (bicyclic) bond motifs is 2. The number of hydrogen-bond donors (Lipinski definition) is 1. The van der Waals surface area contributed by atoms with Gasteiger partial charge in [-0.05, 0) is 61.0 Å². The maximum atomic E-state index is 6.26. The van der Waals surface area contributed by atoms with Crippen LogP contribution in [0, 0.1) is 0 Å². The summed E-state index contributed by atoms with van der Waals surface area (Å²) in [6.07, 6.45) is 1.04. The van der Waals surface area contributed by atoms with Crippen LogP contribution in [-0.2, 0) is 0 Å². The predicted octanol–water partition coefficient (Wildman–Crippen LogP) is 7.07. The van der Waals surface area contributed by atoms with E-state index in [1.165, 1.54) is 11.1 Å². The second kappa shape index (κ2) is 10.3. The van der Waals surface area contributed by atoms with Crippen molar-refractivity contribution in [3.05, 3.63) is 71.8 Å². The van der Waals surface area contributed by atoms with Crippen LogP contribution in [0.5, 0.6) is 0 Å². The molecule has 0 aliphatic heterocycles. The summed E-state index contributed by atoms with van der Waals surface area (Å²) in [4.78, 5) is 7.26. The molecule has 3 aromatic carbocycles. The average Bonchev–Trinajstić information content (AvgIpc) is 2.80. The van der Waals surface area contributed by atoms with Gasteiger partial charge in [-0.2, -0.15) is 0 Å². The van der Waals surface area contributed by atoms with Gasteiger partial charge in [0, 0.05) is 34.8 Å². The molecule has 0 saturated carbocycles. The lowest BCUT2D eigenvalue weighted by atomic mass is 10.0. The summed E-state index contributed by atoms with van der Waals surface area (Å²) in [6.45, 7) is 6.03. The Hall–Kier alpha value is -2.33. The second-order valence-corrected chi connectivity index (χ2v) is 8.46. The minimum absolute atomic E-state index is 0.671. The quantitative estimate of drug-likeness (QED) is 0.167. The molecular formula is C26H27Cl2N3. The van der Waals surface area contributed by atoms with Crippen LogP contribution in [-0.4, -0.2) is 41.9 Å². The van der Waals surface area contributed by atoms with E-state index in [9.17, 15) is 0 Å². The number of aromatic nitrogens is 1. The lowest BCUT2D eigenvalue weighted by Gasteiger charge is -2.20. The highest BCUT2D eigenvalue weighted by Gasteiger charge is 2.11. The Kier molecular flexibility index (Phi) is 7.29. The third-order valence-corrected chi connectivity index (χ3v) is 6.05. The molecule has 0 radical (unpaired) electrons. The minimum atomic E-state index is 0.671. The Labute approximate surface area is 194 Å². The lowest BCUT2D eigenvalue weighted by Crippen LogP contribution is -2.27. The Morgan fingerprint density at radius 3 is 2.48 bits per heavy atom. The van der Waals surface area contributed by atoms with Gasteiger partial charge in [0.2, 0.25) is 0 Å². The van der Waals surface area contributed by atoms with Gasteiger partial charge in [-0.3, -0.25) is 0 Å². The van der Waals surface area contributed by atoms with Gasteiger partial charge in [-0.1, -0.05) is 54.9 Å². The van der Waals surface area contributed by atoms with Gasteiger partial charge in [0.25, 0.3) is 0 Å². The molecule has 5 heteroatoms. The summed E-state index contributed by atoms with van der Waals surface area (Å²) < 4.78 is 0. The van der Waals surface area contributed by atoms with Crippen LogP contribution in [0.15, 0.2) is 66.7 Å². The van der Waals surface area contributed by atoms with E-state index in [1.54, 1.807) is 0 Å². The monoisotopic (exact) mass is 451 g/mol. The summed E-state index contributed by atoms with van der Waals surface area (Å²) in [7, 11) is 0. The number of nitrogens with one attached hydrogen (secondary N) is 1. The molecule has 0 saturated heterocycles. The molecule has 0 fully saturated rings. The smallest absolute Gasteiger partial charge is 0.0745 e. The Bertz CT molecular complexity index is 1160. The van der Waals surface area contributed by atoms with E-state index in [2.05, 4.69) is 65.7 Å². The van der Waals surface area contributed by atoms with Crippen molar-refractivity contribution in [3.63, 3.8) is 0 Å². The van der Waals surface area contributed by atoms with Crippen molar-refractivity contribution >= 4 is 50.7 Å². The van der Waals surface area contributed by atoms with Gasteiger partial charge in [-0.25, -0.2) is 4.98 Å². The molecule has 0 spiro atoms. The molecular weight excluding hydrogens is 425 g/mol. The molecule has 1 aromatic heterocycles. The van der Waals surface area contributed by atoms with Crippen LogP contribution in [0.4, 0.5) is 5.69 Å². The lowest BCUT2D eigenvalue weighted by molar-refractivity contribution is 0.304. The first kappa shape index (κ1) is 21.9. The first-order chi connectivity index (χ1) is 15.2. The molecule has 4 aromatic rings. The number of nitrogens with zero attached hydrogens (tertiary/aromatic N) is 2. The molecule has 4 rings (SSSR count). The summed E-state index contributed by atoms with van der Waals surface area (Å²) in [5, 5.41) is 6.63. The van der Waals surface area contributed by atoms with Crippen LogP contribution in [0.1, 0.15) is 13.3 Å². The number of alkyl halides is 1. The summed E-state index contributed by atoms with van der Waals surface area (Å²) in [5.74, 6) is 0.671. The van der Waals surface area contributed by atoms with E-state index in [1.807, 2.05) is 18.2 Å². The van der Waals surface area contributed by atoms with Crippen molar-refractivity contribution in [1.82, 2.24) is 9.88 Å². The normalized spacial score (nSPS) is 11.5. The number of benzene rings is 3. The molecule has 0 atom stereocenters. The standard InChI is InChI=1S/C26H27Cl2N3/c1-2-31(16-13-27)15-6-14-29-26-22-11-10-21(28)18-25(22)30-24-12-9-20(17-23(24)26)19-7-4-3-5-8-19/h3-5,7-12,17-18H,2,6,13-16H2,1H3,(H,29,30). The first-order valence-corrected chi connectivity index (χ1v) is 11.7. The second-order valence-electron chi connectivity index (χ2n) is 7.65. The fraction of sp³-hybridized carbons (Fsp3) is 0.269. The van der Waals surface area contributed by atoms with Gasteiger partial charge >= 0.3 is 0 Å². The summed E-state index contributed by atoms with van der Waals surface area (Å²) in [5.41, 5.74) is 5.38. The van der Waals surface area contributed by atoms with E-state index in [4.69, 9.17) is 28.2 Å². The Balaban J connectivity index is 1.70. The molecule has 1 N–H and O–H groups in total. The maximum absolute atomic E-state index is 6.26. The first-order valence-electron chi connectivity index (χ1n) is 10.8. The third kappa shape index (κ3) is 5.12. The Morgan fingerprint density at radius 2 is 1.71 bits per heavy atom. The summed E-state index contributed by atoms with van der Waals surface area (Å²) >= 11 is 12.2. The maximum Gasteiger partial charge on any atom is 0.0745 e. The van der Waals surface area contributed by atoms with Crippen molar-refractivity contribution < 1.29 is 0 Å². The third-order valence-electron chi connectivity index (χ3n) is 5.64. The van der Waals surface area contributed by atoms with Gasteiger partial charge in [0.1, 0.15) is 0 Å². The van der Waals surface area contributed by atoms with Crippen molar-refractivity contribution in [2.24, 2.45) is 0 Å². The van der Waals surface area contributed by atoms with E-state index in [0.717, 1.165) is 60.1 Å². The van der Waals surface area contributed by atoms with Crippen LogP contribution in [0.2, 0.25) is 5.02 Å². The number of halogens is 2. The molecule has 160 valence electrons. The van der Waals surface area contributed by atoms with E-state index in [-0.39, 0.29) is 0 Å². The van der Waals surface area contributed by atoms with Crippen LogP contribution in [0.3, 0.4) is 0 Å². The topological polar surface area (TPSA) is 28.2 Å². The average molecular weight is 452 g/mol. The van der Waals surface area contributed by atoms with E-state index in [0.29, 0.717) is 10.9 Å². The summed E-state index contributed by atoms with van der Waals surface area (Å²) in [6, 6.07) is 22.9. The molecule has 0 amide bonds. The van der Waals surface area contributed by atoms with E-state index >= 15 is 0 Å². The molecule has 3 nitrogen and oxygen atoms in total. The van der Waals surface area contributed by atoms with Gasteiger partial charge in [0.15, 0.2) is 0 Å². The predicted molar refractivity (Wildman–Crippen MR) is 136 cm³/mol. The highest BCUT2D eigenvalue weighted by Crippen LogP contribution is 2.34. The number of hydrogen-bond acceptors (Lipinski definition) is 3. The zero-order chi connectivity index (χ0) is 21.6. The Morgan fingerprint density at radius 1 is 0.871 bits per heavy atom. The fourth-order valence-corrected chi connectivity index (χ4v) is 4.39. The molecule has 31 heavy (non-hydrogen) atoms. The zero-order valence-corrected chi connectivity index (χ0v) is 19.3. The molecule has 0 bridgehead atoms. The van der Waals surface area contributed by atoms with Crippen LogP contribution >= 0.6 is 23.2 Å². The molecule has 0 unspecified atom stereocenters. The minimum Gasteiger partial charge on any atom is -0.384 e. The largest absolute Gasteiger partial charge is 0.384 e. The molecule has 0 aliphatic carbocycles. The van der Waals surface area contributed by atoms with Crippen LogP contribution < -0.4 is 5.32 Å². The van der Waals surface area contributed by atoms with Crippen molar-refractivity contribution in [3.8, 4) is 11.1 Å². The van der Waals surface area contributed by atoms with Gasteiger partial charge in [-0.15, -0.1) is 11.6 Å². The zero-order valence-electron chi connectivity index (χ0n) is 17.7. The van der Waals surface area contributed by atoms with Crippen molar-refractivity contribution in [1.29, 1.82) is 0 Å². The fourth-order valence-electron chi connectivity index (χ4n) is 3.98. The molecule has 1 heterocycles. The molecule has 0 aliphatic rings.